The summed E-state index contributed by atoms with van der Waals surface area (Å²) in [5, 5.41) is 9.83. The second-order valence-electron chi connectivity index (χ2n) is 5.45. The average molecular weight is 487 g/mol. The van der Waals surface area contributed by atoms with Gasteiger partial charge in [-0.3, -0.25) is 4.79 Å². The van der Waals surface area contributed by atoms with E-state index in [1.54, 1.807) is 7.05 Å². The van der Waals surface area contributed by atoms with E-state index in [0.717, 1.165) is 23.6 Å². The number of guanidine groups is 1. The van der Waals surface area contributed by atoms with E-state index >= 15 is 0 Å². The van der Waals surface area contributed by atoms with Crippen molar-refractivity contribution in [3.63, 3.8) is 0 Å². The first-order valence-electron chi connectivity index (χ1n) is 8.20. The molecular formula is C19H24ClIN4O. The molecule has 0 aromatic heterocycles. The van der Waals surface area contributed by atoms with Crippen LogP contribution in [0.4, 0.5) is 0 Å². The lowest BCUT2D eigenvalue weighted by Gasteiger charge is -2.12. The van der Waals surface area contributed by atoms with Gasteiger partial charge >= 0.3 is 0 Å². The molecule has 1 amide bonds. The summed E-state index contributed by atoms with van der Waals surface area (Å²) < 4.78 is 0. The number of hydrogen-bond acceptors (Lipinski definition) is 2. The van der Waals surface area contributed by atoms with Gasteiger partial charge in [0, 0.05) is 30.7 Å². The highest BCUT2D eigenvalue weighted by atomic mass is 127. The lowest BCUT2D eigenvalue weighted by molar-refractivity contribution is 0.0963. The number of hydrogen-bond donors (Lipinski definition) is 3. The third-order valence-electron chi connectivity index (χ3n) is 3.56. The minimum absolute atomic E-state index is 0. The predicted octanol–water partition coefficient (Wildman–Crippen LogP) is 3.57. The number of rotatable bonds is 6. The van der Waals surface area contributed by atoms with Gasteiger partial charge in [0.25, 0.3) is 5.91 Å². The molecule has 0 spiro atoms. The summed E-state index contributed by atoms with van der Waals surface area (Å²) in [7, 11) is 1.62. The van der Waals surface area contributed by atoms with Crippen molar-refractivity contribution in [3.8, 4) is 0 Å². The Hall–Kier alpha value is -1.80. The molecule has 0 saturated carbocycles. The van der Waals surface area contributed by atoms with Crippen LogP contribution in [0, 0.1) is 0 Å². The first-order chi connectivity index (χ1) is 12.1. The van der Waals surface area contributed by atoms with Crippen LogP contribution in [-0.4, -0.2) is 25.5 Å². The molecule has 5 nitrogen and oxygen atoms in total. The third-order valence-corrected chi connectivity index (χ3v) is 3.79. The Labute approximate surface area is 176 Å². The highest BCUT2D eigenvalue weighted by molar-refractivity contribution is 14.0. The zero-order valence-corrected chi connectivity index (χ0v) is 18.0. The zero-order valence-electron chi connectivity index (χ0n) is 14.9. The van der Waals surface area contributed by atoms with Crippen molar-refractivity contribution in [2.24, 2.45) is 4.99 Å². The third kappa shape index (κ3) is 7.21. The summed E-state index contributed by atoms with van der Waals surface area (Å²) >= 11 is 6.00. The van der Waals surface area contributed by atoms with Gasteiger partial charge in [0.15, 0.2) is 5.96 Å². The SMILES string of the molecule is CCNC(=NCc1cccc(Cl)c1)NCc1ccc(C(=O)NC)cc1.I. The zero-order chi connectivity index (χ0) is 18.1. The Balaban J connectivity index is 0.00000338. The molecule has 0 bridgehead atoms. The molecule has 3 N–H and O–H groups in total. The van der Waals surface area contributed by atoms with Gasteiger partial charge in [-0.2, -0.15) is 0 Å². The molecule has 2 rings (SSSR count). The van der Waals surface area contributed by atoms with Crippen molar-refractivity contribution in [2.75, 3.05) is 13.6 Å². The largest absolute Gasteiger partial charge is 0.357 e. The minimum atomic E-state index is -0.0871. The van der Waals surface area contributed by atoms with Crippen molar-refractivity contribution in [3.05, 3.63) is 70.2 Å². The van der Waals surface area contributed by atoms with E-state index < -0.39 is 0 Å². The van der Waals surface area contributed by atoms with Crippen molar-refractivity contribution >= 4 is 47.4 Å². The smallest absolute Gasteiger partial charge is 0.251 e. The molecular weight excluding hydrogens is 463 g/mol. The van der Waals surface area contributed by atoms with Gasteiger partial charge in [0.2, 0.25) is 0 Å². The molecule has 0 radical (unpaired) electrons. The Morgan fingerprint density at radius 2 is 1.81 bits per heavy atom. The molecule has 0 aliphatic carbocycles. The molecule has 7 heteroatoms. The molecule has 0 saturated heterocycles. The molecule has 140 valence electrons. The van der Waals surface area contributed by atoms with Crippen molar-refractivity contribution in [1.29, 1.82) is 0 Å². The normalized spacial score (nSPS) is 10.7. The Morgan fingerprint density at radius 3 is 2.42 bits per heavy atom. The number of nitrogens with one attached hydrogen (secondary N) is 3. The van der Waals surface area contributed by atoms with Gasteiger partial charge in [0.05, 0.1) is 6.54 Å². The maximum atomic E-state index is 11.6. The van der Waals surface area contributed by atoms with Gasteiger partial charge in [-0.05, 0) is 42.3 Å². The van der Waals surface area contributed by atoms with E-state index in [4.69, 9.17) is 11.6 Å². The summed E-state index contributed by atoms with van der Waals surface area (Å²) in [6.45, 7) is 3.96. The monoisotopic (exact) mass is 486 g/mol. The summed E-state index contributed by atoms with van der Waals surface area (Å²) in [6.07, 6.45) is 0. The summed E-state index contributed by atoms with van der Waals surface area (Å²) in [5.41, 5.74) is 2.77. The fourth-order valence-corrected chi connectivity index (χ4v) is 2.46. The summed E-state index contributed by atoms with van der Waals surface area (Å²) in [6, 6.07) is 15.2. The van der Waals surface area contributed by atoms with E-state index in [2.05, 4.69) is 20.9 Å². The quantitative estimate of drug-likeness (QED) is 0.332. The van der Waals surface area contributed by atoms with E-state index in [-0.39, 0.29) is 29.9 Å². The highest BCUT2D eigenvalue weighted by Gasteiger charge is 2.03. The van der Waals surface area contributed by atoms with Crippen LogP contribution in [0.5, 0.6) is 0 Å². The molecule has 0 aliphatic heterocycles. The van der Waals surface area contributed by atoms with Crippen LogP contribution in [0.15, 0.2) is 53.5 Å². The van der Waals surface area contributed by atoms with Crippen LogP contribution in [0.2, 0.25) is 5.02 Å². The Bertz CT molecular complexity index is 735. The summed E-state index contributed by atoms with van der Waals surface area (Å²) in [4.78, 5) is 16.1. The van der Waals surface area contributed by atoms with Crippen LogP contribution in [0.25, 0.3) is 0 Å². The lowest BCUT2D eigenvalue weighted by Crippen LogP contribution is -2.36. The van der Waals surface area contributed by atoms with Crippen LogP contribution in [0.3, 0.4) is 0 Å². The van der Waals surface area contributed by atoms with Gasteiger partial charge < -0.3 is 16.0 Å². The number of halogens is 2. The predicted molar refractivity (Wildman–Crippen MR) is 118 cm³/mol. The number of carbonyl (C=O) groups is 1. The fourth-order valence-electron chi connectivity index (χ4n) is 2.25. The second kappa shape index (κ2) is 11.7. The Morgan fingerprint density at radius 1 is 1.08 bits per heavy atom. The fraction of sp³-hybridized carbons (Fsp3) is 0.263. The highest BCUT2D eigenvalue weighted by Crippen LogP contribution is 2.11. The Kier molecular flexibility index (Phi) is 10.0. The number of nitrogens with zero attached hydrogens (tertiary/aromatic N) is 1. The van der Waals surface area contributed by atoms with Crippen molar-refractivity contribution in [1.82, 2.24) is 16.0 Å². The van der Waals surface area contributed by atoms with Gasteiger partial charge in [-0.25, -0.2) is 4.99 Å². The number of amides is 1. The molecule has 0 aliphatic rings. The van der Waals surface area contributed by atoms with Crippen molar-refractivity contribution < 1.29 is 4.79 Å². The van der Waals surface area contributed by atoms with E-state index in [0.29, 0.717) is 23.7 Å². The van der Waals surface area contributed by atoms with Crippen LogP contribution in [0.1, 0.15) is 28.4 Å². The molecule has 26 heavy (non-hydrogen) atoms. The molecule has 0 fully saturated rings. The summed E-state index contributed by atoms with van der Waals surface area (Å²) in [5.74, 6) is 0.647. The van der Waals surface area contributed by atoms with E-state index in [1.807, 2.05) is 55.5 Å². The minimum Gasteiger partial charge on any atom is -0.357 e. The van der Waals surface area contributed by atoms with Crippen LogP contribution < -0.4 is 16.0 Å². The first-order valence-corrected chi connectivity index (χ1v) is 8.57. The topological polar surface area (TPSA) is 65.5 Å². The van der Waals surface area contributed by atoms with Gasteiger partial charge in [-0.15, -0.1) is 24.0 Å². The molecule has 2 aromatic carbocycles. The number of benzene rings is 2. The maximum Gasteiger partial charge on any atom is 0.251 e. The van der Waals surface area contributed by atoms with E-state index in [9.17, 15) is 4.79 Å². The van der Waals surface area contributed by atoms with E-state index in [1.165, 1.54) is 0 Å². The molecule has 2 aromatic rings. The standard InChI is InChI=1S/C19H23ClN4O.HI/c1-3-22-19(24-13-15-5-4-6-17(20)11-15)23-12-14-7-9-16(10-8-14)18(25)21-2;/h4-11H,3,12-13H2,1-2H3,(H,21,25)(H2,22,23,24);1H. The van der Waals surface area contributed by atoms with Crippen LogP contribution >= 0.6 is 35.6 Å². The van der Waals surface area contributed by atoms with Gasteiger partial charge in [0.1, 0.15) is 0 Å². The second-order valence-corrected chi connectivity index (χ2v) is 5.89. The van der Waals surface area contributed by atoms with Crippen LogP contribution in [-0.2, 0) is 13.1 Å². The van der Waals surface area contributed by atoms with Crippen molar-refractivity contribution in [2.45, 2.75) is 20.0 Å². The molecule has 0 heterocycles. The maximum absolute atomic E-state index is 11.6. The molecule has 0 unspecified atom stereocenters. The first kappa shape index (κ1) is 22.2. The molecule has 0 atom stereocenters. The lowest BCUT2D eigenvalue weighted by atomic mass is 10.1. The number of carbonyl (C=O) groups excluding carboxylic acids is 1. The van der Waals surface area contributed by atoms with Gasteiger partial charge in [-0.1, -0.05) is 35.9 Å². The number of aliphatic imine (C=N–C) groups is 1. The average Bonchev–Trinajstić information content (AvgIpc) is 2.64.